The lowest BCUT2D eigenvalue weighted by Gasteiger charge is -2.28. The number of benzene rings is 2. The van der Waals surface area contributed by atoms with Crippen LogP contribution in [0, 0.1) is 0 Å². The summed E-state index contributed by atoms with van der Waals surface area (Å²) >= 11 is 6.18. The number of nitrogens with zero attached hydrogens (tertiary/aromatic N) is 3. The standard InChI is InChI=1S/C24H28ClN3O3/c1-24(2,3)31-23(29)27-13-7-10-19(27)16-30-22-26-20-11-4-5-12-21(20)28(22)15-17-8-6-9-18(25)14-17/h4-6,8-9,11-12,14,19H,7,10,13,15-16H2,1-3H3/t19-/m0/s1. The number of imidazole rings is 1. The lowest BCUT2D eigenvalue weighted by molar-refractivity contribution is 0.0183. The van der Waals surface area contributed by atoms with Crippen molar-refractivity contribution in [2.75, 3.05) is 13.2 Å². The minimum absolute atomic E-state index is 0.0331. The molecule has 4 rings (SSSR count). The second-order valence-electron chi connectivity index (χ2n) is 8.88. The van der Waals surface area contributed by atoms with Crippen molar-refractivity contribution in [1.29, 1.82) is 0 Å². The molecule has 31 heavy (non-hydrogen) atoms. The van der Waals surface area contributed by atoms with E-state index in [-0.39, 0.29) is 12.1 Å². The Bertz CT molecular complexity index is 1070. The summed E-state index contributed by atoms with van der Waals surface area (Å²) in [6, 6.07) is 16.2. The number of hydrogen-bond acceptors (Lipinski definition) is 4. The molecule has 7 heteroatoms. The van der Waals surface area contributed by atoms with Gasteiger partial charge in [0, 0.05) is 11.6 Å². The highest BCUT2D eigenvalue weighted by Crippen LogP contribution is 2.26. The number of carbonyl (C=O) groups is 1. The average Bonchev–Trinajstić information content (AvgIpc) is 3.30. The monoisotopic (exact) mass is 441 g/mol. The van der Waals surface area contributed by atoms with Gasteiger partial charge in [-0.15, -0.1) is 0 Å². The van der Waals surface area contributed by atoms with Crippen LogP contribution in [0.25, 0.3) is 11.0 Å². The second-order valence-corrected chi connectivity index (χ2v) is 9.32. The summed E-state index contributed by atoms with van der Waals surface area (Å²) in [7, 11) is 0. The Morgan fingerprint density at radius 1 is 1.19 bits per heavy atom. The number of rotatable bonds is 5. The van der Waals surface area contributed by atoms with Gasteiger partial charge in [-0.1, -0.05) is 35.9 Å². The van der Waals surface area contributed by atoms with Gasteiger partial charge in [0.25, 0.3) is 6.01 Å². The van der Waals surface area contributed by atoms with E-state index in [1.54, 1.807) is 4.90 Å². The number of likely N-dealkylation sites (tertiary alicyclic amines) is 1. The van der Waals surface area contributed by atoms with E-state index < -0.39 is 5.60 Å². The molecule has 0 spiro atoms. The number of amides is 1. The zero-order valence-corrected chi connectivity index (χ0v) is 18.9. The van der Waals surface area contributed by atoms with Crippen molar-refractivity contribution in [2.45, 2.75) is 51.8 Å². The Kier molecular flexibility index (Phi) is 6.10. The van der Waals surface area contributed by atoms with E-state index in [0.717, 1.165) is 29.4 Å². The summed E-state index contributed by atoms with van der Waals surface area (Å²) in [6.07, 6.45) is 1.53. The predicted octanol–water partition coefficient (Wildman–Crippen LogP) is 5.52. The number of para-hydroxylation sites is 2. The van der Waals surface area contributed by atoms with E-state index in [1.807, 2.05) is 73.9 Å². The van der Waals surface area contributed by atoms with Crippen molar-refractivity contribution in [3.63, 3.8) is 0 Å². The molecule has 0 radical (unpaired) electrons. The summed E-state index contributed by atoms with van der Waals surface area (Å²) < 4.78 is 13.8. The molecular formula is C24H28ClN3O3. The van der Waals surface area contributed by atoms with Gasteiger partial charge in [-0.25, -0.2) is 4.79 Å². The molecule has 0 saturated carbocycles. The zero-order valence-electron chi connectivity index (χ0n) is 18.2. The quantitative estimate of drug-likeness (QED) is 0.523. The van der Waals surface area contributed by atoms with Crippen LogP contribution in [0.2, 0.25) is 5.02 Å². The molecule has 1 aliphatic heterocycles. The van der Waals surface area contributed by atoms with Gasteiger partial charge in [0.15, 0.2) is 0 Å². The molecule has 2 aromatic carbocycles. The van der Waals surface area contributed by atoms with Crippen LogP contribution in [-0.2, 0) is 11.3 Å². The maximum Gasteiger partial charge on any atom is 0.410 e. The second kappa shape index (κ2) is 8.79. The SMILES string of the molecule is CC(C)(C)OC(=O)N1CCC[C@H]1COc1nc2ccccc2n1Cc1cccc(Cl)c1. The third kappa shape index (κ3) is 5.13. The first-order valence-electron chi connectivity index (χ1n) is 10.6. The van der Waals surface area contributed by atoms with Gasteiger partial charge >= 0.3 is 6.09 Å². The van der Waals surface area contributed by atoms with Crippen LogP contribution in [0.5, 0.6) is 6.01 Å². The lowest BCUT2D eigenvalue weighted by atomic mass is 10.2. The Morgan fingerprint density at radius 2 is 2.00 bits per heavy atom. The van der Waals surface area contributed by atoms with E-state index >= 15 is 0 Å². The molecule has 1 aromatic heterocycles. The number of aromatic nitrogens is 2. The number of fused-ring (bicyclic) bond motifs is 1. The molecule has 6 nitrogen and oxygen atoms in total. The van der Waals surface area contributed by atoms with Crippen molar-refractivity contribution in [2.24, 2.45) is 0 Å². The van der Waals surface area contributed by atoms with Gasteiger partial charge in [0.1, 0.15) is 12.2 Å². The number of ether oxygens (including phenoxy) is 2. The van der Waals surface area contributed by atoms with Gasteiger partial charge in [-0.2, -0.15) is 4.98 Å². The van der Waals surface area contributed by atoms with Gasteiger partial charge in [0.05, 0.1) is 23.6 Å². The van der Waals surface area contributed by atoms with Crippen LogP contribution in [0.3, 0.4) is 0 Å². The van der Waals surface area contributed by atoms with Crippen molar-refractivity contribution in [3.8, 4) is 6.01 Å². The summed E-state index contributed by atoms with van der Waals surface area (Å²) in [5.74, 6) is 0. The van der Waals surface area contributed by atoms with E-state index in [9.17, 15) is 4.79 Å². The first-order chi connectivity index (χ1) is 14.8. The Labute approximate surface area is 187 Å². The molecular weight excluding hydrogens is 414 g/mol. The van der Waals surface area contributed by atoms with Crippen molar-refractivity contribution in [1.82, 2.24) is 14.5 Å². The van der Waals surface area contributed by atoms with Crippen LogP contribution in [-0.4, -0.2) is 45.3 Å². The van der Waals surface area contributed by atoms with E-state index in [4.69, 9.17) is 26.1 Å². The molecule has 0 aliphatic carbocycles. The third-order valence-electron chi connectivity index (χ3n) is 5.26. The van der Waals surface area contributed by atoms with E-state index in [0.29, 0.717) is 30.7 Å². The van der Waals surface area contributed by atoms with E-state index in [1.165, 1.54) is 0 Å². The molecule has 2 heterocycles. The molecule has 3 aromatic rings. The number of carbonyl (C=O) groups excluding carboxylic acids is 1. The molecule has 0 bridgehead atoms. The van der Waals surface area contributed by atoms with E-state index in [2.05, 4.69) is 0 Å². The molecule has 0 N–H and O–H groups in total. The Balaban J connectivity index is 1.53. The molecule has 1 fully saturated rings. The van der Waals surface area contributed by atoms with Crippen molar-refractivity contribution < 1.29 is 14.3 Å². The molecule has 1 amide bonds. The molecule has 164 valence electrons. The maximum atomic E-state index is 12.6. The van der Waals surface area contributed by atoms with Crippen LogP contribution >= 0.6 is 11.6 Å². The average molecular weight is 442 g/mol. The van der Waals surface area contributed by atoms with Crippen LogP contribution < -0.4 is 4.74 Å². The van der Waals surface area contributed by atoms with Crippen LogP contribution in [0.15, 0.2) is 48.5 Å². The Morgan fingerprint density at radius 3 is 2.77 bits per heavy atom. The first-order valence-corrected chi connectivity index (χ1v) is 11.0. The summed E-state index contributed by atoms with van der Waals surface area (Å²) in [5, 5.41) is 0.698. The predicted molar refractivity (Wildman–Crippen MR) is 122 cm³/mol. The van der Waals surface area contributed by atoms with Gasteiger partial charge < -0.3 is 14.4 Å². The third-order valence-corrected chi connectivity index (χ3v) is 5.49. The fourth-order valence-corrected chi connectivity index (χ4v) is 4.09. The topological polar surface area (TPSA) is 56.6 Å². The molecule has 1 atom stereocenters. The van der Waals surface area contributed by atoms with Gasteiger partial charge in [0.2, 0.25) is 0 Å². The highest BCUT2D eigenvalue weighted by molar-refractivity contribution is 6.30. The fraction of sp³-hybridized carbons (Fsp3) is 0.417. The van der Waals surface area contributed by atoms with Crippen LogP contribution in [0.4, 0.5) is 4.79 Å². The minimum Gasteiger partial charge on any atom is -0.462 e. The molecule has 0 unspecified atom stereocenters. The van der Waals surface area contributed by atoms with Gasteiger partial charge in [-0.3, -0.25) is 4.57 Å². The summed E-state index contributed by atoms with van der Waals surface area (Å²) in [4.78, 5) is 19.0. The lowest BCUT2D eigenvalue weighted by Crippen LogP contribution is -2.42. The van der Waals surface area contributed by atoms with Gasteiger partial charge in [-0.05, 0) is 63.4 Å². The number of halogens is 1. The highest BCUT2D eigenvalue weighted by atomic mass is 35.5. The fourth-order valence-electron chi connectivity index (χ4n) is 3.87. The molecule has 1 aliphatic rings. The maximum absolute atomic E-state index is 12.6. The summed E-state index contributed by atoms with van der Waals surface area (Å²) in [5.41, 5.74) is 2.41. The smallest absolute Gasteiger partial charge is 0.410 e. The van der Waals surface area contributed by atoms with Crippen molar-refractivity contribution >= 4 is 28.7 Å². The summed E-state index contributed by atoms with van der Waals surface area (Å²) in [6.45, 7) is 7.29. The largest absolute Gasteiger partial charge is 0.462 e. The van der Waals surface area contributed by atoms with Crippen LogP contribution in [0.1, 0.15) is 39.2 Å². The normalized spacial score (nSPS) is 16.6. The zero-order chi connectivity index (χ0) is 22.0. The first kappa shape index (κ1) is 21.5. The molecule has 1 saturated heterocycles. The highest BCUT2D eigenvalue weighted by Gasteiger charge is 2.33. The minimum atomic E-state index is -0.518. The van der Waals surface area contributed by atoms with Crippen molar-refractivity contribution in [3.05, 3.63) is 59.1 Å². The Hall–Kier alpha value is -2.73. The number of hydrogen-bond donors (Lipinski definition) is 0.